The van der Waals surface area contributed by atoms with Gasteiger partial charge in [0, 0.05) is 30.4 Å². The summed E-state index contributed by atoms with van der Waals surface area (Å²) in [5.41, 5.74) is 2.50. The predicted octanol–water partition coefficient (Wildman–Crippen LogP) is 6.01. The molecule has 1 aliphatic heterocycles. The number of nitrogens with zero attached hydrogens (tertiary/aromatic N) is 4. The number of morpholine rings is 1. The Morgan fingerprint density at radius 1 is 1.08 bits per heavy atom. The van der Waals surface area contributed by atoms with E-state index in [0.29, 0.717) is 76.2 Å². The summed E-state index contributed by atoms with van der Waals surface area (Å²) in [4.78, 5) is 11.8. The fourth-order valence-corrected chi connectivity index (χ4v) is 4.87. The van der Waals surface area contributed by atoms with Gasteiger partial charge in [-0.15, -0.1) is 0 Å². The van der Waals surface area contributed by atoms with E-state index in [1.807, 2.05) is 13.0 Å². The van der Waals surface area contributed by atoms with Crippen LogP contribution < -0.4 is 15.0 Å². The zero-order chi connectivity index (χ0) is 27.4. The van der Waals surface area contributed by atoms with Crippen LogP contribution in [0.25, 0.3) is 12.2 Å². The normalized spacial score (nSPS) is 13.7. The lowest BCUT2D eigenvalue weighted by molar-refractivity contribution is 0.122. The smallest absolute Gasteiger partial charge is 0.204 e. The number of nitrogens with one attached hydrogen (secondary N) is 2. The monoisotopic (exact) mass is 550 g/mol. The van der Waals surface area contributed by atoms with Crippen molar-refractivity contribution in [3.8, 4) is 5.75 Å². The van der Waals surface area contributed by atoms with Gasteiger partial charge in [-0.05, 0) is 48.9 Å². The van der Waals surface area contributed by atoms with Crippen LogP contribution in [0.2, 0.25) is 0 Å². The highest BCUT2D eigenvalue weighted by atomic mass is 32.2. The lowest BCUT2D eigenvalue weighted by Gasteiger charge is -2.29. The van der Waals surface area contributed by atoms with Crippen LogP contribution in [0.15, 0.2) is 52.5 Å². The van der Waals surface area contributed by atoms with Crippen molar-refractivity contribution in [1.82, 2.24) is 20.2 Å². The molecule has 0 aliphatic carbocycles. The summed E-state index contributed by atoms with van der Waals surface area (Å²) in [5, 5.41) is 10.7. The van der Waals surface area contributed by atoms with Crippen molar-refractivity contribution in [3.05, 3.63) is 76.5 Å². The lowest BCUT2D eigenvalue weighted by atomic mass is 10.1. The molecular formula is C28H28F2N6O2S. The van der Waals surface area contributed by atoms with Crippen molar-refractivity contribution < 1.29 is 18.3 Å². The van der Waals surface area contributed by atoms with Crippen LogP contribution in [0.4, 0.5) is 26.2 Å². The molecule has 1 aliphatic rings. The van der Waals surface area contributed by atoms with Crippen molar-refractivity contribution >= 4 is 41.4 Å². The van der Waals surface area contributed by atoms with E-state index in [1.165, 1.54) is 6.07 Å². The molecule has 0 radical (unpaired) electrons. The summed E-state index contributed by atoms with van der Waals surface area (Å²) >= 11 is 1.11. The average Bonchev–Trinajstić information content (AvgIpc) is 3.35. The van der Waals surface area contributed by atoms with Gasteiger partial charge in [0.2, 0.25) is 5.75 Å². The van der Waals surface area contributed by atoms with Gasteiger partial charge in [0.15, 0.2) is 22.6 Å². The van der Waals surface area contributed by atoms with E-state index < -0.39 is 5.82 Å². The van der Waals surface area contributed by atoms with Gasteiger partial charge in [0.25, 0.3) is 0 Å². The first kappa shape index (κ1) is 26.6. The zero-order valence-corrected chi connectivity index (χ0v) is 22.6. The second kappa shape index (κ2) is 11.8. The van der Waals surface area contributed by atoms with Crippen molar-refractivity contribution in [2.24, 2.45) is 0 Å². The summed E-state index contributed by atoms with van der Waals surface area (Å²) in [5.74, 6) is 1.32. The molecule has 0 atom stereocenters. The molecule has 2 aromatic heterocycles. The number of halogens is 2. The Morgan fingerprint density at radius 3 is 2.62 bits per heavy atom. The van der Waals surface area contributed by atoms with Gasteiger partial charge in [-0.3, -0.25) is 5.10 Å². The molecule has 0 spiro atoms. The van der Waals surface area contributed by atoms with Gasteiger partial charge in [-0.25, -0.2) is 18.7 Å². The lowest BCUT2D eigenvalue weighted by Crippen LogP contribution is -2.37. The van der Waals surface area contributed by atoms with E-state index >= 15 is 4.39 Å². The Kier molecular flexibility index (Phi) is 8.08. The Labute approximate surface area is 229 Å². The third kappa shape index (κ3) is 6.21. The summed E-state index contributed by atoms with van der Waals surface area (Å²) in [6, 6.07) is 11.9. The van der Waals surface area contributed by atoms with Gasteiger partial charge >= 0.3 is 0 Å². The van der Waals surface area contributed by atoms with Gasteiger partial charge in [0.1, 0.15) is 11.6 Å². The Balaban J connectivity index is 1.44. The number of benzene rings is 2. The van der Waals surface area contributed by atoms with Gasteiger partial charge in [0.05, 0.1) is 25.2 Å². The van der Waals surface area contributed by atoms with E-state index in [9.17, 15) is 4.39 Å². The fourth-order valence-electron chi connectivity index (χ4n) is 4.12. The Morgan fingerprint density at radius 2 is 1.90 bits per heavy atom. The first-order chi connectivity index (χ1) is 18.9. The summed E-state index contributed by atoms with van der Waals surface area (Å²) in [6.45, 7) is 6.00. The number of aromatic amines is 1. The fraction of sp³-hybridized carbons (Fsp3) is 0.250. The second-order valence-electron chi connectivity index (χ2n) is 8.98. The van der Waals surface area contributed by atoms with Crippen molar-refractivity contribution in [1.29, 1.82) is 0 Å². The predicted molar refractivity (Wildman–Crippen MR) is 149 cm³/mol. The minimum atomic E-state index is -0.434. The average molecular weight is 551 g/mol. The van der Waals surface area contributed by atoms with Crippen LogP contribution in [0.5, 0.6) is 5.75 Å². The number of aryl methyl sites for hydroxylation is 2. The molecule has 2 aromatic carbocycles. The Hall–Kier alpha value is -3.96. The van der Waals surface area contributed by atoms with Crippen LogP contribution >= 0.6 is 11.8 Å². The van der Waals surface area contributed by atoms with Crippen LogP contribution in [-0.4, -0.2) is 53.6 Å². The van der Waals surface area contributed by atoms with Crippen LogP contribution in [0.3, 0.4) is 0 Å². The maximum absolute atomic E-state index is 15.2. The van der Waals surface area contributed by atoms with Gasteiger partial charge in [-0.1, -0.05) is 36.4 Å². The van der Waals surface area contributed by atoms with Gasteiger partial charge < -0.3 is 19.7 Å². The molecule has 3 heterocycles. The number of aromatic nitrogens is 4. The number of ether oxygens (including phenoxy) is 2. The SMILES string of the molecule is COc1c(Nc2cc(C)[nH]n2)nc(Sc2ccc(/C=C/c3cccc(C)c3F)cc2F)nc1N1CCOCC1. The molecule has 39 heavy (non-hydrogen) atoms. The quantitative estimate of drug-likeness (QED) is 0.204. The molecule has 1 fully saturated rings. The topological polar surface area (TPSA) is 88.2 Å². The molecule has 11 heteroatoms. The van der Waals surface area contributed by atoms with Crippen molar-refractivity contribution in [2.45, 2.75) is 23.9 Å². The van der Waals surface area contributed by atoms with E-state index in [-0.39, 0.29) is 5.82 Å². The van der Waals surface area contributed by atoms with E-state index in [1.54, 1.807) is 56.5 Å². The summed E-state index contributed by atoms with van der Waals surface area (Å²) < 4.78 is 40.7. The minimum Gasteiger partial charge on any atom is -0.490 e. The van der Waals surface area contributed by atoms with E-state index in [2.05, 4.69) is 25.4 Å². The highest BCUT2D eigenvalue weighted by Gasteiger charge is 2.24. The second-order valence-corrected chi connectivity index (χ2v) is 9.98. The standard InChI is InChI=1S/C28H28F2N6O2S/c1-17-5-4-6-20(24(17)30)9-7-19-8-10-22(21(29)16-19)39-28-32-26(31-23-15-18(2)34-35-23)25(37-3)27(33-28)36-11-13-38-14-12-36/h4-10,15-16H,11-14H2,1-3H3,(H2,31,32,33,34,35)/b9-7+. The number of rotatable bonds is 8. The molecule has 0 amide bonds. The zero-order valence-electron chi connectivity index (χ0n) is 21.8. The maximum atomic E-state index is 15.2. The molecule has 2 N–H and O–H groups in total. The molecule has 202 valence electrons. The highest BCUT2D eigenvalue weighted by Crippen LogP contribution is 2.39. The molecule has 0 bridgehead atoms. The number of hydrogen-bond donors (Lipinski definition) is 2. The molecular weight excluding hydrogens is 522 g/mol. The molecule has 8 nitrogen and oxygen atoms in total. The number of H-pyrrole nitrogens is 1. The Bertz CT molecular complexity index is 1500. The molecule has 0 unspecified atom stereocenters. The molecule has 0 saturated carbocycles. The number of methoxy groups -OCH3 is 1. The third-order valence-electron chi connectivity index (χ3n) is 6.13. The van der Waals surface area contributed by atoms with E-state index in [4.69, 9.17) is 14.5 Å². The summed E-state index contributed by atoms with van der Waals surface area (Å²) in [6.07, 6.45) is 3.32. The maximum Gasteiger partial charge on any atom is 0.204 e. The molecule has 4 aromatic rings. The third-order valence-corrected chi connectivity index (χ3v) is 7.04. The first-order valence-corrected chi connectivity index (χ1v) is 13.2. The molecule has 1 saturated heterocycles. The summed E-state index contributed by atoms with van der Waals surface area (Å²) in [7, 11) is 1.56. The van der Waals surface area contributed by atoms with Gasteiger partial charge in [-0.2, -0.15) is 5.10 Å². The molecule has 5 rings (SSSR count). The van der Waals surface area contributed by atoms with Crippen molar-refractivity contribution in [2.75, 3.05) is 43.6 Å². The van der Waals surface area contributed by atoms with Crippen LogP contribution in [0, 0.1) is 25.5 Å². The van der Waals surface area contributed by atoms with Crippen LogP contribution in [-0.2, 0) is 4.74 Å². The van der Waals surface area contributed by atoms with Crippen LogP contribution in [0.1, 0.15) is 22.4 Å². The van der Waals surface area contributed by atoms with E-state index in [0.717, 1.165) is 17.5 Å². The van der Waals surface area contributed by atoms with Crippen molar-refractivity contribution in [3.63, 3.8) is 0 Å². The number of hydrogen-bond acceptors (Lipinski definition) is 8. The first-order valence-electron chi connectivity index (χ1n) is 12.4. The minimum absolute atomic E-state index is 0.288. The number of anilines is 3. The highest BCUT2D eigenvalue weighted by molar-refractivity contribution is 7.99. The largest absolute Gasteiger partial charge is 0.490 e.